The van der Waals surface area contributed by atoms with Gasteiger partial charge in [-0.25, -0.2) is 0 Å². The van der Waals surface area contributed by atoms with E-state index < -0.39 is 0 Å². The Morgan fingerprint density at radius 2 is 0.296 bits per heavy atom. The Labute approximate surface area is 807 Å². The molecule has 0 aliphatic heterocycles. The number of allylic oxidation sites excluding steroid dienone is 12. The van der Waals surface area contributed by atoms with E-state index >= 15 is 0 Å². The van der Waals surface area contributed by atoms with E-state index in [0.29, 0.717) is 39.6 Å². The molecule has 0 aliphatic rings. The van der Waals surface area contributed by atoms with Crippen molar-refractivity contribution >= 4 is 196 Å². The molecule has 702 valence electrons. The van der Waals surface area contributed by atoms with E-state index in [9.17, 15) is 0 Å². The molecule has 0 spiro atoms. The van der Waals surface area contributed by atoms with Crippen LogP contribution in [0.5, 0.6) is 34.5 Å². The highest BCUT2D eigenvalue weighted by molar-refractivity contribution is 6.42. The molecule has 15 aromatic rings. The molecule has 0 saturated carbocycles. The quantitative estimate of drug-likeness (QED) is 0.0280. The number of hydrogen-bond donors (Lipinski definition) is 0. The lowest BCUT2D eigenvalue weighted by molar-refractivity contribution is 0.343. The van der Waals surface area contributed by atoms with E-state index in [1.807, 2.05) is 0 Å². The van der Waals surface area contributed by atoms with Gasteiger partial charge in [0, 0.05) is 53.9 Å². The van der Waals surface area contributed by atoms with Crippen molar-refractivity contribution in [1.82, 2.24) is 0 Å². The molecular formula is C129H150O6. The zero-order valence-electron chi connectivity index (χ0n) is 85.4. The normalized spacial score (nSPS) is 11.6. The molecule has 15 aromatic carbocycles. The summed E-state index contributed by atoms with van der Waals surface area (Å²) < 4.78 is 39.3. The molecular weight excluding hydrogens is 1650 g/mol. The zero-order valence-corrected chi connectivity index (χ0v) is 85.4. The fourth-order valence-corrected chi connectivity index (χ4v) is 21.7. The Balaban J connectivity index is 0.000000171. The van der Waals surface area contributed by atoms with Gasteiger partial charge in [-0.1, -0.05) is 293 Å². The lowest BCUT2D eigenvalue weighted by Crippen LogP contribution is -2.03. The fourth-order valence-electron chi connectivity index (χ4n) is 21.7. The second kappa shape index (κ2) is 44.1. The molecule has 0 N–H and O–H groups in total. The molecule has 0 amide bonds. The van der Waals surface area contributed by atoms with Gasteiger partial charge in [0.2, 0.25) is 0 Å². The molecule has 0 bridgehead atoms. The van der Waals surface area contributed by atoms with Crippen molar-refractivity contribution in [1.29, 1.82) is 0 Å². The van der Waals surface area contributed by atoms with Gasteiger partial charge < -0.3 is 28.4 Å². The van der Waals surface area contributed by atoms with Crippen LogP contribution in [-0.2, 0) is 0 Å². The lowest BCUT2D eigenvalue weighted by atomic mass is 9.80. The third kappa shape index (κ3) is 18.4. The maximum Gasteiger partial charge on any atom is 0.128 e. The van der Waals surface area contributed by atoms with Gasteiger partial charge in [0.1, 0.15) is 34.5 Å². The van der Waals surface area contributed by atoms with Gasteiger partial charge in [-0.2, -0.15) is 0 Å². The number of fused-ring (bicyclic) bond motifs is 6. The van der Waals surface area contributed by atoms with E-state index in [-0.39, 0.29) is 0 Å². The van der Waals surface area contributed by atoms with E-state index in [1.165, 1.54) is 141 Å². The highest BCUT2D eigenvalue weighted by Gasteiger charge is 2.33. The first-order valence-electron chi connectivity index (χ1n) is 51.1. The van der Waals surface area contributed by atoms with Crippen molar-refractivity contribution in [2.24, 2.45) is 0 Å². The predicted octanol–water partition coefficient (Wildman–Crippen LogP) is 40.2. The van der Waals surface area contributed by atoms with E-state index in [0.717, 1.165) is 291 Å². The van der Waals surface area contributed by atoms with Crippen LogP contribution >= 0.6 is 0 Å². The van der Waals surface area contributed by atoms with Crippen LogP contribution in [0.3, 0.4) is 0 Å². The molecule has 6 nitrogen and oxygen atoms in total. The van der Waals surface area contributed by atoms with Crippen molar-refractivity contribution in [3.05, 3.63) is 255 Å². The Bertz CT molecular complexity index is 7060. The Kier molecular flexibility index (Phi) is 32.8. The zero-order chi connectivity index (χ0) is 97.2. The molecule has 0 saturated heterocycles. The van der Waals surface area contributed by atoms with Crippen LogP contribution in [-0.4, -0.2) is 39.6 Å². The van der Waals surface area contributed by atoms with Crippen molar-refractivity contribution in [3.8, 4) is 34.5 Å². The largest absolute Gasteiger partial charge is 0.493 e. The van der Waals surface area contributed by atoms with Crippen molar-refractivity contribution in [2.45, 2.75) is 259 Å². The van der Waals surface area contributed by atoms with E-state index in [2.05, 4.69) is 313 Å². The summed E-state index contributed by atoms with van der Waals surface area (Å²) in [7, 11) is 0. The first-order valence-corrected chi connectivity index (χ1v) is 51.1. The second-order valence-corrected chi connectivity index (χ2v) is 36.9. The molecule has 15 rings (SSSR count). The number of benzene rings is 15. The smallest absolute Gasteiger partial charge is 0.128 e. The van der Waals surface area contributed by atoms with Gasteiger partial charge in [-0.05, 0) is 364 Å². The van der Waals surface area contributed by atoms with Crippen molar-refractivity contribution in [2.75, 3.05) is 39.6 Å². The molecule has 6 heteroatoms. The van der Waals surface area contributed by atoms with Crippen LogP contribution in [0.15, 0.2) is 188 Å². The molecule has 0 atom stereocenters. The molecule has 0 aliphatic carbocycles. The Hall–Kier alpha value is -12.1. The van der Waals surface area contributed by atoms with Gasteiger partial charge in [0.05, 0.1) is 39.6 Å². The summed E-state index contributed by atoms with van der Waals surface area (Å²) >= 11 is 0. The summed E-state index contributed by atoms with van der Waals surface area (Å²) in [6, 6.07) is 41.0. The first-order chi connectivity index (χ1) is 65.3. The molecule has 0 unspecified atom stereocenters. The number of hydrogen-bond acceptors (Lipinski definition) is 6. The third-order valence-corrected chi connectivity index (χ3v) is 27.7. The molecule has 135 heavy (non-hydrogen) atoms. The SMILES string of the molecule is C=C(CC)c1cc(OCC)c2c3ccc(C(=C)CCC)c4c(C(=C)CCC)cc(OCC)c(c5ccc(C(=C)CCC)c1c52)c43.C=C(CC)c1ccc2c3c(OCC)cc(C(=C)CCC)c4c(C(=C)CCC)cc(OCC)c(c5ccc(C(=C)CCC)c1c25)c43.C=C(CCC)c1ccc2c3c(OCC)cc(C(=C)CC)c4c(C(=C)CCC)cc(OCC)c(c5ccc(C(=C)CCC)c1c25)c43. The number of ether oxygens (including phenoxy) is 6. The van der Waals surface area contributed by atoms with Gasteiger partial charge in [-0.3, -0.25) is 0 Å². The number of rotatable bonds is 45. The minimum atomic E-state index is 0.571. The summed E-state index contributed by atoms with van der Waals surface area (Å²) in [5, 5.41) is 28.5. The maximum absolute atomic E-state index is 6.56. The van der Waals surface area contributed by atoms with Crippen LogP contribution in [0, 0.1) is 0 Å². The average Bonchev–Trinajstić information content (AvgIpc) is 0.698. The highest BCUT2D eigenvalue weighted by atomic mass is 16.5. The van der Waals surface area contributed by atoms with Crippen LogP contribution in [0.25, 0.3) is 196 Å². The molecule has 0 heterocycles. The molecule has 0 aromatic heterocycles. The Morgan fingerprint density at radius 1 is 0.156 bits per heavy atom. The van der Waals surface area contributed by atoms with Crippen LogP contribution in [0.1, 0.15) is 326 Å². The van der Waals surface area contributed by atoms with Crippen LogP contribution in [0.2, 0.25) is 0 Å². The van der Waals surface area contributed by atoms with Gasteiger partial charge in [0.25, 0.3) is 0 Å². The maximum atomic E-state index is 6.56. The summed E-state index contributed by atoms with van der Waals surface area (Å²) in [6.45, 7) is 97.3. The first kappa shape index (κ1) is 100. The minimum Gasteiger partial charge on any atom is -0.493 e. The lowest BCUT2D eigenvalue weighted by Gasteiger charge is -2.26. The predicted molar refractivity (Wildman–Crippen MR) is 603 cm³/mol. The minimum absolute atomic E-state index is 0.571. The monoisotopic (exact) mass is 1800 g/mol. The van der Waals surface area contributed by atoms with Crippen molar-refractivity contribution in [3.63, 3.8) is 0 Å². The third-order valence-electron chi connectivity index (χ3n) is 27.7. The van der Waals surface area contributed by atoms with Gasteiger partial charge >= 0.3 is 0 Å². The van der Waals surface area contributed by atoms with Crippen molar-refractivity contribution < 1.29 is 28.4 Å². The van der Waals surface area contributed by atoms with E-state index in [4.69, 9.17) is 28.4 Å². The summed E-state index contributed by atoms with van der Waals surface area (Å²) in [5.41, 5.74) is 27.8. The molecule has 0 radical (unpaired) electrons. The van der Waals surface area contributed by atoms with Crippen LogP contribution in [0.4, 0.5) is 0 Å². The second-order valence-electron chi connectivity index (χ2n) is 36.9. The van der Waals surface area contributed by atoms with Crippen LogP contribution < -0.4 is 28.4 Å². The Morgan fingerprint density at radius 3 is 0.474 bits per heavy atom. The fraction of sp³-hybridized carbons (Fsp3) is 0.349. The van der Waals surface area contributed by atoms with E-state index in [1.54, 1.807) is 0 Å². The average molecular weight is 1800 g/mol. The van der Waals surface area contributed by atoms with Gasteiger partial charge in [0.15, 0.2) is 0 Å². The summed E-state index contributed by atoms with van der Waals surface area (Å²) in [5.74, 6) is 5.38. The highest BCUT2D eigenvalue weighted by Crippen LogP contribution is 2.59. The molecule has 0 fully saturated rings. The topological polar surface area (TPSA) is 55.4 Å². The summed E-state index contributed by atoms with van der Waals surface area (Å²) in [6.07, 6.45) is 20.3. The van der Waals surface area contributed by atoms with Gasteiger partial charge in [-0.15, -0.1) is 0 Å². The summed E-state index contributed by atoms with van der Waals surface area (Å²) in [4.78, 5) is 0. The standard InChI is InChI=1S/3C43H50O2/c1-11-17-27(8)30-20-22-32-41-37(45-16-6)25-35(29(10)19-13-3)39-31(28(9)18-12-2)21-23-33(43(39)41)40-36(44-15-5)24-34(26(7)14-4)38(30)42(32)40;1-11-17-27(8)30-20-22-32-39-33(23-21-31(38(30)39)28(9)18-12-2)42-37(45-16-6)25-35(29(10)19-13-3)40-34(26(7)14-4)24-36(44-15-5)41(32)43(40)42;1-11-17-27(8)31-21-23-33-39-32(22-20-30(38(31)39)26(7)14-4)41-36(44-15-5)24-34(28(9)18-12-2)40-35(29(10)19-13-3)25-37(45-16-6)42(33)43(40)41/h3*20-25H,7-19H2,1-6H3.